The molecule has 2 rings (SSSR count). The van der Waals surface area contributed by atoms with Gasteiger partial charge in [-0.3, -0.25) is 4.68 Å². The van der Waals surface area contributed by atoms with E-state index in [0.717, 1.165) is 13.0 Å². The van der Waals surface area contributed by atoms with E-state index in [1.165, 1.54) is 12.1 Å². The summed E-state index contributed by atoms with van der Waals surface area (Å²) in [4.78, 5) is 4.42. The van der Waals surface area contributed by atoms with Gasteiger partial charge in [-0.2, -0.15) is 13.9 Å². The van der Waals surface area contributed by atoms with Crippen LogP contribution in [0.15, 0.2) is 41.7 Å². The van der Waals surface area contributed by atoms with E-state index in [1.807, 2.05) is 23.9 Å². The monoisotopic (exact) mass is 385 g/mol. The molecule has 142 valence electrons. The number of hydrogen-bond donors (Lipinski definition) is 2. The molecule has 0 amide bonds. The minimum Gasteiger partial charge on any atom is -0.434 e. The van der Waals surface area contributed by atoms with Crippen molar-refractivity contribution in [1.82, 2.24) is 20.4 Å². The third kappa shape index (κ3) is 6.87. The molecule has 1 aromatic heterocycles. The lowest BCUT2D eigenvalue weighted by molar-refractivity contribution is -0.0504. The first-order valence-corrected chi connectivity index (χ1v) is 8.69. The van der Waals surface area contributed by atoms with Crippen LogP contribution in [-0.4, -0.2) is 35.4 Å². The molecule has 2 N–H and O–H groups in total. The zero-order chi connectivity index (χ0) is 18.8. The van der Waals surface area contributed by atoms with Gasteiger partial charge in [-0.1, -0.05) is 11.6 Å². The Balaban J connectivity index is 1.93. The SMILES string of the molecule is CCNC(=NCc1cc(Cl)ccc1OC(F)F)NCCCn1cccn1. The topological polar surface area (TPSA) is 63.5 Å². The van der Waals surface area contributed by atoms with Gasteiger partial charge in [-0.25, -0.2) is 4.99 Å². The average Bonchev–Trinajstić information content (AvgIpc) is 3.11. The van der Waals surface area contributed by atoms with Crippen LogP contribution < -0.4 is 15.4 Å². The largest absolute Gasteiger partial charge is 0.434 e. The second-order valence-electron chi connectivity index (χ2n) is 5.38. The van der Waals surface area contributed by atoms with Crippen LogP contribution in [0.25, 0.3) is 0 Å². The Hall–Kier alpha value is -2.35. The second-order valence-corrected chi connectivity index (χ2v) is 5.81. The first-order chi connectivity index (χ1) is 12.6. The summed E-state index contributed by atoms with van der Waals surface area (Å²) < 4.78 is 31.4. The fourth-order valence-corrected chi connectivity index (χ4v) is 2.46. The summed E-state index contributed by atoms with van der Waals surface area (Å²) >= 11 is 5.95. The summed E-state index contributed by atoms with van der Waals surface area (Å²) in [6, 6.07) is 6.38. The van der Waals surface area contributed by atoms with Crippen molar-refractivity contribution in [1.29, 1.82) is 0 Å². The molecular weight excluding hydrogens is 364 g/mol. The van der Waals surface area contributed by atoms with Crippen LogP contribution in [0.1, 0.15) is 18.9 Å². The third-order valence-electron chi connectivity index (χ3n) is 3.41. The molecule has 0 saturated heterocycles. The zero-order valence-corrected chi connectivity index (χ0v) is 15.2. The van der Waals surface area contributed by atoms with Gasteiger partial charge in [0, 0.05) is 42.6 Å². The van der Waals surface area contributed by atoms with Crippen LogP contribution in [0.2, 0.25) is 5.02 Å². The smallest absolute Gasteiger partial charge is 0.387 e. The van der Waals surface area contributed by atoms with Gasteiger partial charge in [0.15, 0.2) is 5.96 Å². The molecule has 0 atom stereocenters. The van der Waals surface area contributed by atoms with Gasteiger partial charge in [0.1, 0.15) is 5.75 Å². The summed E-state index contributed by atoms with van der Waals surface area (Å²) in [5.41, 5.74) is 0.492. The number of alkyl halides is 2. The highest BCUT2D eigenvalue weighted by atomic mass is 35.5. The van der Waals surface area contributed by atoms with E-state index in [4.69, 9.17) is 11.6 Å². The molecule has 0 aliphatic heterocycles. The first-order valence-electron chi connectivity index (χ1n) is 8.31. The van der Waals surface area contributed by atoms with Crippen molar-refractivity contribution < 1.29 is 13.5 Å². The van der Waals surface area contributed by atoms with Crippen molar-refractivity contribution in [2.24, 2.45) is 4.99 Å². The molecule has 2 aromatic rings. The highest BCUT2D eigenvalue weighted by molar-refractivity contribution is 6.30. The van der Waals surface area contributed by atoms with Crippen LogP contribution in [0.5, 0.6) is 5.75 Å². The number of ether oxygens (including phenoxy) is 1. The number of aromatic nitrogens is 2. The van der Waals surface area contributed by atoms with E-state index in [1.54, 1.807) is 12.3 Å². The van der Waals surface area contributed by atoms with Crippen LogP contribution in [-0.2, 0) is 13.1 Å². The fraction of sp³-hybridized carbons (Fsp3) is 0.412. The van der Waals surface area contributed by atoms with Crippen molar-refractivity contribution in [3.8, 4) is 5.75 Å². The number of halogens is 3. The van der Waals surface area contributed by atoms with Crippen LogP contribution in [0, 0.1) is 0 Å². The predicted molar refractivity (Wildman–Crippen MR) is 97.7 cm³/mol. The Morgan fingerprint density at radius 3 is 2.92 bits per heavy atom. The molecule has 1 heterocycles. The predicted octanol–water partition coefficient (Wildman–Crippen LogP) is 3.28. The molecule has 0 unspecified atom stereocenters. The third-order valence-corrected chi connectivity index (χ3v) is 3.64. The molecule has 0 saturated carbocycles. The van der Waals surface area contributed by atoms with Gasteiger partial charge < -0.3 is 15.4 Å². The lowest BCUT2D eigenvalue weighted by Crippen LogP contribution is -2.38. The first kappa shape index (κ1) is 20.0. The molecule has 0 radical (unpaired) electrons. The van der Waals surface area contributed by atoms with Crippen molar-refractivity contribution >= 4 is 17.6 Å². The number of benzene rings is 1. The molecular formula is C17H22ClF2N5O. The normalized spacial score (nSPS) is 11.7. The number of nitrogens with one attached hydrogen (secondary N) is 2. The lowest BCUT2D eigenvalue weighted by Gasteiger charge is -2.13. The van der Waals surface area contributed by atoms with Gasteiger partial charge in [-0.05, 0) is 37.6 Å². The minimum atomic E-state index is -2.90. The Kier molecular flexibility index (Phi) is 8.14. The second kappa shape index (κ2) is 10.6. The van der Waals surface area contributed by atoms with Crippen LogP contribution >= 0.6 is 11.6 Å². The molecule has 1 aromatic carbocycles. The van der Waals surface area contributed by atoms with Crippen molar-refractivity contribution in [3.63, 3.8) is 0 Å². The standard InChI is InChI=1S/C17H22ClF2N5O/c1-2-21-17(22-7-3-9-25-10-4-8-24-25)23-12-13-11-14(18)5-6-15(13)26-16(19)20/h4-6,8,10-11,16H,2-3,7,9,12H2,1H3,(H2,21,22,23). The number of hydrogen-bond acceptors (Lipinski definition) is 3. The Morgan fingerprint density at radius 1 is 1.38 bits per heavy atom. The quantitative estimate of drug-likeness (QED) is 0.395. The molecule has 26 heavy (non-hydrogen) atoms. The van der Waals surface area contributed by atoms with E-state index >= 15 is 0 Å². The van der Waals surface area contributed by atoms with Crippen LogP contribution in [0.4, 0.5) is 8.78 Å². The van der Waals surface area contributed by atoms with Gasteiger partial charge in [0.05, 0.1) is 6.54 Å². The molecule has 0 fully saturated rings. The van der Waals surface area contributed by atoms with Gasteiger partial charge in [-0.15, -0.1) is 0 Å². The minimum absolute atomic E-state index is 0.0719. The molecule has 0 aliphatic rings. The van der Waals surface area contributed by atoms with E-state index in [2.05, 4.69) is 25.5 Å². The summed E-state index contributed by atoms with van der Waals surface area (Å²) in [6.07, 6.45) is 4.51. The Labute approximate surface area is 156 Å². The van der Waals surface area contributed by atoms with Crippen LogP contribution in [0.3, 0.4) is 0 Å². The maximum atomic E-state index is 12.5. The van der Waals surface area contributed by atoms with E-state index in [0.29, 0.717) is 29.6 Å². The Morgan fingerprint density at radius 2 is 2.23 bits per heavy atom. The zero-order valence-electron chi connectivity index (χ0n) is 14.5. The molecule has 0 spiro atoms. The number of guanidine groups is 1. The van der Waals surface area contributed by atoms with E-state index in [-0.39, 0.29) is 12.3 Å². The Bertz CT molecular complexity index is 694. The molecule has 6 nitrogen and oxygen atoms in total. The maximum absolute atomic E-state index is 12.5. The van der Waals surface area contributed by atoms with Gasteiger partial charge >= 0.3 is 6.61 Å². The fourth-order valence-electron chi connectivity index (χ4n) is 2.27. The maximum Gasteiger partial charge on any atom is 0.387 e. The van der Waals surface area contributed by atoms with Gasteiger partial charge in [0.2, 0.25) is 0 Å². The molecule has 9 heteroatoms. The number of aliphatic imine (C=N–C) groups is 1. The molecule has 0 bridgehead atoms. The highest BCUT2D eigenvalue weighted by Gasteiger charge is 2.10. The number of nitrogens with zero attached hydrogens (tertiary/aromatic N) is 3. The number of rotatable bonds is 9. The van der Waals surface area contributed by atoms with Crippen molar-refractivity contribution in [3.05, 3.63) is 47.2 Å². The summed E-state index contributed by atoms with van der Waals surface area (Å²) in [6.45, 7) is 1.39. The van der Waals surface area contributed by atoms with Crippen molar-refractivity contribution in [2.45, 2.75) is 33.0 Å². The summed E-state index contributed by atoms with van der Waals surface area (Å²) in [5.74, 6) is 0.665. The summed E-state index contributed by atoms with van der Waals surface area (Å²) in [7, 11) is 0. The van der Waals surface area contributed by atoms with Gasteiger partial charge in [0.25, 0.3) is 0 Å². The van der Waals surface area contributed by atoms with E-state index in [9.17, 15) is 8.78 Å². The van der Waals surface area contributed by atoms with Crippen molar-refractivity contribution in [2.75, 3.05) is 13.1 Å². The van der Waals surface area contributed by atoms with E-state index < -0.39 is 6.61 Å². The average molecular weight is 386 g/mol. The number of aryl methyl sites for hydroxylation is 1. The lowest BCUT2D eigenvalue weighted by atomic mass is 10.2. The molecule has 0 aliphatic carbocycles. The highest BCUT2D eigenvalue weighted by Crippen LogP contribution is 2.25. The summed E-state index contributed by atoms with van der Waals surface area (Å²) in [5, 5.41) is 10.9.